The van der Waals surface area contributed by atoms with E-state index in [2.05, 4.69) is 11.0 Å². The second kappa shape index (κ2) is 5.64. The van der Waals surface area contributed by atoms with E-state index in [0.29, 0.717) is 18.2 Å². The Morgan fingerprint density at radius 2 is 2.00 bits per heavy atom. The molecule has 3 rings (SSSR count). The Labute approximate surface area is 114 Å². The number of carbonyl (C=O) groups is 1. The number of para-hydroxylation sites is 2. The fourth-order valence-corrected chi connectivity index (χ4v) is 3.13. The minimum absolute atomic E-state index is 0.302. The lowest BCUT2D eigenvalue weighted by atomic mass is 10.0. The summed E-state index contributed by atoms with van der Waals surface area (Å²) in [6.07, 6.45) is 5.59. The summed E-state index contributed by atoms with van der Waals surface area (Å²) < 4.78 is 5.73. The second-order valence-electron chi connectivity index (χ2n) is 5.54. The Bertz CT molecular complexity index is 452. The van der Waals surface area contributed by atoms with Crippen molar-refractivity contribution in [1.29, 1.82) is 0 Å². The maximum atomic E-state index is 12.4. The highest BCUT2D eigenvalue weighted by Gasteiger charge is 2.25. The van der Waals surface area contributed by atoms with Crippen molar-refractivity contribution in [1.82, 2.24) is 0 Å². The van der Waals surface area contributed by atoms with Crippen molar-refractivity contribution in [3.05, 3.63) is 24.3 Å². The Balaban J connectivity index is 1.74. The lowest BCUT2D eigenvalue weighted by Crippen LogP contribution is -2.33. The third-order valence-corrected chi connectivity index (χ3v) is 4.19. The van der Waals surface area contributed by atoms with Crippen molar-refractivity contribution >= 4 is 11.5 Å². The number of rotatable bonds is 3. The maximum Gasteiger partial charge on any atom is 0.155 e. The number of Topliss-reactive ketones (excluding diaryl/α,β-unsaturated/α-hetero) is 1. The third-order valence-electron chi connectivity index (χ3n) is 4.19. The van der Waals surface area contributed by atoms with Gasteiger partial charge in [0, 0.05) is 12.5 Å². The van der Waals surface area contributed by atoms with Crippen LogP contribution in [0.2, 0.25) is 0 Å². The Kier molecular flexibility index (Phi) is 3.72. The van der Waals surface area contributed by atoms with E-state index >= 15 is 0 Å². The van der Waals surface area contributed by atoms with E-state index < -0.39 is 0 Å². The molecular formula is C16H21NO2. The van der Waals surface area contributed by atoms with Crippen LogP contribution in [0, 0.1) is 5.92 Å². The van der Waals surface area contributed by atoms with E-state index in [-0.39, 0.29) is 0 Å². The van der Waals surface area contributed by atoms with Crippen LogP contribution in [0.3, 0.4) is 0 Å². The van der Waals surface area contributed by atoms with Crippen LogP contribution in [0.1, 0.15) is 32.1 Å². The summed E-state index contributed by atoms with van der Waals surface area (Å²) in [5, 5.41) is 0. The molecule has 19 heavy (non-hydrogen) atoms. The normalized spacial score (nSPS) is 19.7. The van der Waals surface area contributed by atoms with Crippen molar-refractivity contribution in [2.45, 2.75) is 32.1 Å². The van der Waals surface area contributed by atoms with Gasteiger partial charge >= 0.3 is 0 Å². The van der Waals surface area contributed by atoms with E-state index in [0.717, 1.165) is 43.9 Å². The first-order chi connectivity index (χ1) is 9.34. The molecule has 0 N–H and O–H groups in total. The molecule has 1 aliphatic carbocycles. The summed E-state index contributed by atoms with van der Waals surface area (Å²) in [7, 11) is 0. The van der Waals surface area contributed by atoms with Crippen molar-refractivity contribution in [3.63, 3.8) is 0 Å². The molecule has 3 heteroatoms. The quantitative estimate of drug-likeness (QED) is 0.835. The first-order valence-electron chi connectivity index (χ1n) is 7.34. The van der Waals surface area contributed by atoms with Gasteiger partial charge < -0.3 is 9.64 Å². The van der Waals surface area contributed by atoms with Gasteiger partial charge in [-0.25, -0.2) is 0 Å². The highest BCUT2D eigenvalue weighted by atomic mass is 16.5. The molecule has 1 saturated carbocycles. The van der Waals surface area contributed by atoms with E-state index in [1.807, 2.05) is 18.2 Å². The fourth-order valence-electron chi connectivity index (χ4n) is 3.13. The van der Waals surface area contributed by atoms with Gasteiger partial charge in [-0.1, -0.05) is 25.0 Å². The first kappa shape index (κ1) is 12.5. The second-order valence-corrected chi connectivity index (χ2v) is 5.54. The minimum atomic E-state index is 0.302. The average Bonchev–Trinajstić information content (AvgIpc) is 2.90. The third kappa shape index (κ3) is 2.75. The van der Waals surface area contributed by atoms with E-state index in [4.69, 9.17) is 4.74 Å². The number of carbonyl (C=O) groups excluding carboxylic acids is 1. The van der Waals surface area contributed by atoms with Crippen LogP contribution in [0.25, 0.3) is 0 Å². The van der Waals surface area contributed by atoms with Crippen LogP contribution in [-0.2, 0) is 4.79 Å². The highest BCUT2D eigenvalue weighted by molar-refractivity contribution is 5.86. The zero-order chi connectivity index (χ0) is 13.1. The van der Waals surface area contributed by atoms with Crippen molar-refractivity contribution in [2.75, 3.05) is 24.6 Å². The van der Waals surface area contributed by atoms with Crippen LogP contribution in [0.5, 0.6) is 5.75 Å². The monoisotopic (exact) mass is 259 g/mol. The minimum Gasteiger partial charge on any atom is -0.491 e. The average molecular weight is 259 g/mol. The van der Waals surface area contributed by atoms with Gasteiger partial charge in [0.2, 0.25) is 0 Å². The fraction of sp³-hybridized carbons (Fsp3) is 0.562. The molecule has 3 nitrogen and oxygen atoms in total. The van der Waals surface area contributed by atoms with Gasteiger partial charge in [-0.3, -0.25) is 4.79 Å². The SMILES string of the molecule is O=C(CN1CCCOc2ccccc21)C1CCCC1. The Morgan fingerprint density at radius 1 is 1.21 bits per heavy atom. The predicted octanol–water partition coefficient (Wildman–Crippen LogP) is 3.03. The number of nitrogens with zero attached hydrogens (tertiary/aromatic N) is 1. The molecule has 0 atom stereocenters. The maximum absolute atomic E-state index is 12.4. The van der Waals surface area contributed by atoms with Crippen molar-refractivity contribution < 1.29 is 9.53 Å². The molecule has 1 aromatic rings. The summed E-state index contributed by atoms with van der Waals surface area (Å²) in [4.78, 5) is 14.6. The van der Waals surface area contributed by atoms with Gasteiger partial charge in [-0.05, 0) is 31.4 Å². The molecule has 0 amide bonds. The number of hydrogen-bond acceptors (Lipinski definition) is 3. The van der Waals surface area contributed by atoms with Gasteiger partial charge in [0.15, 0.2) is 5.78 Å². The molecule has 0 spiro atoms. The van der Waals surface area contributed by atoms with E-state index in [1.165, 1.54) is 12.8 Å². The molecule has 1 aliphatic heterocycles. The van der Waals surface area contributed by atoms with Gasteiger partial charge in [-0.15, -0.1) is 0 Å². The number of ether oxygens (including phenoxy) is 1. The molecule has 0 saturated heterocycles. The number of ketones is 1. The molecule has 0 bridgehead atoms. The van der Waals surface area contributed by atoms with Crippen LogP contribution in [0.15, 0.2) is 24.3 Å². The largest absolute Gasteiger partial charge is 0.491 e. The Hall–Kier alpha value is -1.51. The lowest BCUT2D eigenvalue weighted by molar-refractivity contribution is -0.121. The van der Waals surface area contributed by atoms with Crippen molar-refractivity contribution in [3.8, 4) is 5.75 Å². The van der Waals surface area contributed by atoms with Crippen LogP contribution < -0.4 is 9.64 Å². The van der Waals surface area contributed by atoms with Crippen molar-refractivity contribution in [2.24, 2.45) is 5.92 Å². The summed E-state index contributed by atoms with van der Waals surface area (Å²) in [5.41, 5.74) is 1.08. The molecule has 0 unspecified atom stereocenters. The van der Waals surface area contributed by atoms with E-state index in [9.17, 15) is 4.79 Å². The van der Waals surface area contributed by atoms with Gasteiger partial charge in [0.25, 0.3) is 0 Å². The number of fused-ring (bicyclic) bond motifs is 1. The summed E-state index contributed by atoms with van der Waals surface area (Å²) in [6.45, 7) is 2.20. The topological polar surface area (TPSA) is 29.5 Å². The van der Waals surface area contributed by atoms with Gasteiger partial charge in [0.1, 0.15) is 5.75 Å². The predicted molar refractivity (Wildman–Crippen MR) is 75.7 cm³/mol. The lowest BCUT2D eigenvalue weighted by Gasteiger charge is -2.24. The summed E-state index contributed by atoms with van der Waals surface area (Å²) in [6, 6.07) is 8.05. The van der Waals surface area contributed by atoms with E-state index in [1.54, 1.807) is 0 Å². The molecule has 1 aromatic carbocycles. The number of benzene rings is 1. The van der Waals surface area contributed by atoms with Gasteiger partial charge in [-0.2, -0.15) is 0 Å². The van der Waals surface area contributed by atoms with Gasteiger partial charge in [0.05, 0.1) is 18.8 Å². The highest BCUT2D eigenvalue weighted by Crippen LogP contribution is 2.32. The zero-order valence-electron chi connectivity index (χ0n) is 11.3. The molecule has 1 fully saturated rings. The number of hydrogen-bond donors (Lipinski definition) is 0. The Morgan fingerprint density at radius 3 is 2.84 bits per heavy atom. The standard InChI is InChI=1S/C16H21NO2/c18-15(13-6-1-2-7-13)12-17-10-5-11-19-16-9-4-3-8-14(16)17/h3-4,8-9,13H,1-2,5-7,10-12H2. The molecule has 1 heterocycles. The van der Waals surface area contributed by atoms with Crippen LogP contribution in [0.4, 0.5) is 5.69 Å². The smallest absolute Gasteiger partial charge is 0.155 e. The molecule has 0 radical (unpaired) electrons. The number of anilines is 1. The molecule has 0 aromatic heterocycles. The zero-order valence-corrected chi connectivity index (χ0v) is 11.3. The van der Waals surface area contributed by atoms with Crippen LogP contribution >= 0.6 is 0 Å². The molecular weight excluding hydrogens is 238 g/mol. The molecule has 2 aliphatic rings. The molecule has 102 valence electrons. The first-order valence-corrected chi connectivity index (χ1v) is 7.34. The summed E-state index contributed by atoms with van der Waals surface area (Å²) >= 11 is 0. The summed E-state index contributed by atoms with van der Waals surface area (Å²) in [5.74, 6) is 1.63. The van der Waals surface area contributed by atoms with Crippen LogP contribution in [-0.4, -0.2) is 25.5 Å².